The van der Waals surface area contributed by atoms with Gasteiger partial charge in [-0.05, 0) is 29.7 Å². The van der Waals surface area contributed by atoms with E-state index >= 15 is 0 Å². The molecule has 0 fully saturated rings. The number of anilines is 1. The van der Waals surface area contributed by atoms with E-state index in [2.05, 4.69) is 23.9 Å². The van der Waals surface area contributed by atoms with Gasteiger partial charge in [-0.3, -0.25) is 0 Å². The molecule has 0 amide bonds. The number of alkyl halides is 2. The average molecular weight is 283 g/mol. The maximum absolute atomic E-state index is 12.3. The summed E-state index contributed by atoms with van der Waals surface area (Å²) in [4.78, 5) is 0. The number of unbranched alkanes of at least 4 members (excludes halogenated alkanes) is 2. The SMILES string of the molecule is CCCCCC(C)C1CNc2ccc(OC(F)F)cc21. The zero-order valence-corrected chi connectivity index (χ0v) is 12.2. The fourth-order valence-corrected chi connectivity index (χ4v) is 2.94. The molecule has 2 rings (SSSR count). The van der Waals surface area contributed by atoms with Crippen LogP contribution in [0.3, 0.4) is 0 Å². The van der Waals surface area contributed by atoms with Gasteiger partial charge in [0.2, 0.25) is 0 Å². The van der Waals surface area contributed by atoms with E-state index in [-0.39, 0.29) is 5.75 Å². The first kappa shape index (κ1) is 15.1. The lowest BCUT2D eigenvalue weighted by atomic mass is 9.85. The first-order chi connectivity index (χ1) is 9.61. The van der Waals surface area contributed by atoms with Gasteiger partial charge in [0, 0.05) is 18.2 Å². The zero-order valence-electron chi connectivity index (χ0n) is 12.2. The van der Waals surface area contributed by atoms with Gasteiger partial charge < -0.3 is 10.1 Å². The molecule has 1 N–H and O–H groups in total. The summed E-state index contributed by atoms with van der Waals surface area (Å²) in [6.07, 6.45) is 4.89. The Morgan fingerprint density at radius 3 is 2.85 bits per heavy atom. The third-order valence-corrected chi connectivity index (χ3v) is 4.11. The number of halogens is 2. The van der Waals surface area contributed by atoms with Crippen molar-refractivity contribution in [3.63, 3.8) is 0 Å². The van der Waals surface area contributed by atoms with E-state index in [0.29, 0.717) is 11.8 Å². The molecular weight excluding hydrogens is 260 g/mol. The molecule has 0 spiro atoms. The van der Waals surface area contributed by atoms with Gasteiger partial charge in [-0.25, -0.2) is 0 Å². The minimum absolute atomic E-state index is 0.258. The monoisotopic (exact) mass is 283 g/mol. The average Bonchev–Trinajstić information content (AvgIpc) is 2.81. The van der Waals surface area contributed by atoms with Gasteiger partial charge >= 0.3 is 6.61 Å². The fourth-order valence-electron chi connectivity index (χ4n) is 2.94. The van der Waals surface area contributed by atoms with Crippen LogP contribution < -0.4 is 10.1 Å². The number of ether oxygens (including phenoxy) is 1. The largest absolute Gasteiger partial charge is 0.435 e. The standard InChI is InChI=1S/C16H23F2NO/c1-3-4-5-6-11(2)14-10-19-15-8-7-12(9-13(14)15)20-16(17)18/h7-9,11,14,16,19H,3-6,10H2,1-2H3. The Labute approximate surface area is 119 Å². The molecule has 2 unspecified atom stereocenters. The lowest BCUT2D eigenvalue weighted by molar-refractivity contribution is -0.0498. The molecule has 112 valence electrons. The highest BCUT2D eigenvalue weighted by atomic mass is 19.3. The van der Waals surface area contributed by atoms with E-state index < -0.39 is 6.61 Å². The van der Waals surface area contributed by atoms with Crippen LogP contribution in [0.25, 0.3) is 0 Å². The number of hydrogen-bond donors (Lipinski definition) is 1. The van der Waals surface area contributed by atoms with Crippen LogP contribution in [0.4, 0.5) is 14.5 Å². The summed E-state index contributed by atoms with van der Waals surface area (Å²) >= 11 is 0. The van der Waals surface area contributed by atoms with E-state index in [1.54, 1.807) is 12.1 Å². The molecule has 0 saturated carbocycles. The van der Waals surface area contributed by atoms with Gasteiger partial charge in [-0.15, -0.1) is 0 Å². The van der Waals surface area contributed by atoms with Crippen LogP contribution in [0, 0.1) is 5.92 Å². The molecule has 0 aliphatic carbocycles. The van der Waals surface area contributed by atoms with E-state index in [0.717, 1.165) is 17.8 Å². The molecule has 2 nitrogen and oxygen atoms in total. The second kappa shape index (κ2) is 6.91. The number of fused-ring (bicyclic) bond motifs is 1. The van der Waals surface area contributed by atoms with Crippen molar-refractivity contribution in [3.8, 4) is 5.75 Å². The minimum Gasteiger partial charge on any atom is -0.435 e. The van der Waals surface area contributed by atoms with Crippen molar-refractivity contribution in [1.82, 2.24) is 0 Å². The topological polar surface area (TPSA) is 21.3 Å². The van der Waals surface area contributed by atoms with Gasteiger partial charge in [0.05, 0.1) is 0 Å². The Balaban J connectivity index is 2.05. The molecule has 4 heteroatoms. The van der Waals surface area contributed by atoms with Crippen LogP contribution in [0.15, 0.2) is 18.2 Å². The van der Waals surface area contributed by atoms with Crippen molar-refractivity contribution in [3.05, 3.63) is 23.8 Å². The molecule has 0 radical (unpaired) electrons. The summed E-state index contributed by atoms with van der Waals surface area (Å²) in [6, 6.07) is 5.20. The highest BCUT2D eigenvalue weighted by molar-refractivity contribution is 5.60. The number of rotatable bonds is 7. The van der Waals surface area contributed by atoms with Crippen LogP contribution in [0.2, 0.25) is 0 Å². The predicted molar refractivity (Wildman–Crippen MR) is 77.6 cm³/mol. The van der Waals surface area contributed by atoms with Crippen molar-refractivity contribution < 1.29 is 13.5 Å². The first-order valence-electron chi connectivity index (χ1n) is 7.44. The Hall–Kier alpha value is -1.32. The van der Waals surface area contributed by atoms with Crippen LogP contribution in [-0.4, -0.2) is 13.2 Å². The molecule has 1 aliphatic heterocycles. The van der Waals surface area contributed by atoms with E-state index in [1.807, 2.05) is 6.07 Å². The molecule has 1 aromatic rings. The second-order valence-electron chi connectivity index (χ2n) is 5.59. The van der Waals surface area contributed by atoms with Gasteiger partial charge in [0.15, 0.2) is 0 Å². The maximum atomic E-state index is 12.3. The van der Waals surface area contributed by atoms with Crippen molar-refractivity contribution in [2.45, 2.75) is 52.1 Å². The molecule has 0 saturated heterocycles. The molecule has 2 atom stereocenters. The highest BCUT2D eigenvalue weighted by Crippen LogP contribution is 2.40. The molecule has 1 heterocycles. The van der Waals surface area contributed by atoms with E-state index in [9.17, 15) is 8.78 Å². The Morgan fingerprint density at radius 2 is 2.15 bits per heavy atom. The van der Waals surface area contributed by atoms with Crippen LogP contribution in [0.1, 0.15) is 51.0 Å². The predicted octanol–water partition coefficient (Wildman–Crippen LogP) is 5.01. The number of nitrogens with one attached hydrogen (secondary N) is 1. The molecular formula is C16H23F2NO. The summed E-state index contributed by atoms with van der Waals surface area (Å²) in [5.41, 5.74) is 2.17. The third-order valence-electron chi connectivity index (χ3n) is 4.11. The van der Waals surface area contributed by atoms with Gasteiger partial charge in [-0.1, -0.05) is 39.5 Å². The lowest BCUT2D eigenvalue weighted by Crippen LogP contribution is -2.12. The van der Waals surface area contributed by atoms with E-state index in [4.69, 9.17) is 0 Å². The van der Waals surface area contributed by atoms with Crippen LogP contribution >= 0.6 is 0 Å². The van der Waals surface area contributed by atoms with Crippen molar-refractivity contribution in [2.75, 3.05) is 11.9 Å². The summed E-state index contributed by atoms with van der Waals surface area (Å²) in [7, 11) is 0. The fraction of sp³-hybridized carbons (Fsp3) is 0.625. The number of hydrogen-bond acceptors (Lipinski definition) is 2. The second-order valence-corrected chi connectivity index (χ2v) is 5.59. The summed E-state index contributed by atoms with van der Waals surface area (Å²) in [5, 5.41) is 3.36. The van der Waals surface area contributed by atoms with Crippen molar-refractivity contribution in [1.29, 1.82) is 0 Å². The Bertz CT molecular complexity index is 436. The summed E-state index contributed by atoms with van der Waals surface area (Å²) in [5.74, 6) is 1.20. The summed E-state index contributed by atoms with van der Waals surface area (Å²) < 4.78 is 29.1. The normalized spacial score (nSPS) is 18.8. The molecule has 20 heavy (non-hydrogen) atoms. The van der Waals surface area contributed by atoms with Crippen LogP contribution in [0.5, 0.6) is 5.75 Å². The van der Waals surface area contributed by atoms with E-state index in [1.165, 1.54) is 25.7 Å². The maximum Gasteiger partial charge on any atom is 0.387 e. The smallest absolute Gasteiger partial charge is 0.387 e. The summed E-state index contributed by atoms with van der Waals surface area (Å²) in [6.45, 7) is 2.58. The molecule has 0 aromatic heterocycles. The van der Waals surface area contributed by atoms with Crippen molar-refractivity contribution >= 4 is 5.69 Å². The lowest BCUT2D eigenvalue weighted by Gasteiger charge is -2.19. The van der Waals surface area contributed by atoms with Gasteiger partial charge in [0.25, 0.3) is 0 Å². The van der Waals surface area contributed by atoms with Crippen molar-refractivity contribution in [2.24, 2.45) is 5.92 Å². The molecule has 1 aromatic carbocycles. The Kier molecular flexibility index (Phi) is 5.21. The zero-order chi connectivity index (χ0) is 14.5. The van der Waals surface area contributed by atoms with Gasteiger partial charge in [0.1, 0.15) is 5.75 Å². The minimum atomic E-state index is -2.76. The third kappa shape index (κ3) is 3.62. The highest BCUT2D eigenvalue weighted by Gasteiger charge is 2.27. The van der Waals surface area contributed by atoms with Crippen LogP contribution in [-0.2, 0) is 0 Å². The first-order valence-corrected chi connectivity index (χ1v) is 7.44. The van der Waals surface area contributed by atoms with Gasteiger partial charge in [-0.2, -0.15) is 8.78 Å². The Morgan fingerprint density at radius 1 is 1.35 bits per heavy atom. The quantitative estimate of drug-likeness (QED) is 0.710. The molecule has 0 bridgehead atoms. The molecule has 1 aliphatic rings. The number of benzene rings is 1.